The van der Waals surface area contributed by atoms with Crippen molar-refractivity contribution >= 4 is 0 Å². The lowest BCUT2D eigenvalue weighted by atomic mass is 10.0. The van der Waals surface area contributed by atoms with Crippen LogP contribution in [-0.4, -0.2) is 12.6 Å². The molecule has 1 N–H and O–H groups in total. The van der Waals surface area contributed by atoms with Gasteiger partial charge >= 0.3 is 0 Å². The number of hydrogen-bond donors (Lipinski definition) is 1. The van der Waals surface area contributed by atoms with E-state index in [1.807, 2.05) is 24.3 Å². The van der Waals surface area contributed by atoms with Crippen molar-refractivity contribution in [3.8, 4) is 5.75 Å². The van der Waals surface area contributed by atoms with Gasteiger partial charge in [0.1, 0.15) is 11.9 Å². The predicted molar refractivity (Wildman–Crippen MR) is 84.1 cm³/mol. The molecule has 106 valence electrons. The number of nitrogens with one attached hydrogen (secondary N) is 1. The van der Waals surface area contributed by atoms with Crippen molar-refractivity contribution in [3.63, 3.8) is 0 Å². The molecule has 0 spiro atoms. The van der Waals surface area contributed by atoms with Crippen molar-refractivity contribution in [1.29, 1.82) is 0 Å². The molecule has 0 aliphatic carbocycles. The van der Waals surface area contributed by atoms with Gasteiger partial charge in [0.25, 0.3) is 0 Å². The number of para-hydroxylation sites is 1. The van der Waals surface area contributed by atoms with Crippen LogP contribution in [0.4, 0.5) is 0 Å². The van der Waals surface area contributed by atoms with Gasteiger partial charge in [0.2, 0.25) is 0 Å². The molecule has 0 aliphatic heterocycles. The van der Waals surface area contributed by atoms with Gasteiger partial charge in [-0.1, -0.05) is 55.5 Å². The van der Waals surface area contributed by atoms with Gasteiger partial charge in [0, 0.05) is 0 Å². The molecule has 2 rings (SSSR count). The summed E-state index contributed by atoms with van der Waals surface area (Å²) in [5.74, 6) is 0.957. The van der Waals surface area contributed by atoms with Crippen LogP contribution >= 0.6 is 0 Å². The topological polar surface area (TPSA) is 21.3 Å². The number of likely N-dealkylation sites (N-methyl/N-ethyl adjacent to an activating group) is 1. The van der Waals surface area contributed by atoms with Crippen LogP contribution in [0, 0.1) is 6.92 Å². The van der Waals surface area contributed by atoms with E-state index < -0.39 is 0 Å². The van der Waals surface area contributed by atoms with Crippen molar-refractivity contribution in [2.45, 2.75) is 32.9 Å². The number of aryl methyl sites for hydroxylation is 1. The molecule has 2 unspecified atom stereocenters. The molecule has 2 nitrogen and oxygen atoms in total. The maximum absolute atomic E-state index is 6.15. The zero-order valence-electron chi connectivity index (χ0n) is 12.5. The third-order valence-electron chi connectivity index (χ3n) is 3.46. The Morgan fingerprint density at radius 1 is 1.00 bits per heavy atom. The van der Waals surface area contributed by atoms with Gasteiger partial charge in [-0.15, -0.1) is 0 Å². The highest BCUT2D eigenvalue weighted by molar-refractivity contribution is 5.32. The van der Waals surface area contributed by atoms with E-state index >= 15 is 0 Å². The number of rotatable bonds is 6. The third-order valence-corrected chi connectivity index (χ3v) is 3.46. The zero-order chi connectivity index (χ0) is 14.4. The second-order valence-electron chi connectivity index (χ2n) is 5.03. The Kier molecular flexibility index (Phi) is 5.19. The fourth-order valence-corrected chi connectivity index (χ4v) is 2.39. The fourth-order valence-electron chi connectivity index (χ4n) is 2.39. The molecule has 2 atom stereocenters. The predicted octanol–water partition coefficient (Wildman–Crippen LogP) is 4.11. The van der Waals surface area contributed by atoms with E-state index in [1.165, 1.54) is 11.1 Å². The maximum atomic E-state index is 6.15. The van der Waals surface area contributed by atoms with Gasteiger partial charge in [-0.25, -0.2) is 0 Å². The molecule has 2 aromatic carbocycles. The van der Waals surface area contributed by atoms with Crippen LogP contribution in [0.1, 0.15) is 31.0 Å². The van der Waals surface area contributed by atoms with Crippen molar-refractivity contribution in [2.24, 2.45) is 0 Å². The molecule has 0 saturated heterocycles. The molecule has 0 radical (unpaired) electrons. The van der Waals surface area contributed by atoms with E-state index in [-0.39, 0.29) is 12.1 Å². The SMILES string of the molecule is CCNC(c1ccccc1)C(C)Oc1ccccc1C. The summed E-state index contributed by atoms with van der Waals surface area (Å²) < 4.78 is 6.15. The summed E-state index contributed by atoms with van der Waals surface area (Å²) in [6, 6.07) is 18.8. The molecule has 0 fully saturated rings. The van der Waals surface area contributed by atoms with E-state index in [2.05, 4.69) is 56.4 Å². The fraction of sp³-hybridized carbons (Fsp3) is 0.333. The number of ether oxygens (including phenoxy) is 1. The summed E-state index contributed by atoms with van der Waals surface area (Å²) in [7, 11) is 0. The van der Waals surface area contributed by atoms with E-state index in [0.29, 0.717) is 0 Å². The summed E-state index contributed by atoms with van der Waals surface area (Å²) in [4.78, 5) is 0. The Morgan fingerprint density at radius 3 is 2.30 bits per heavy atom. The third kappa shape index (κ3) is 3.61. The molecule has 2 aromatic rings. The first-order valence-electron chi connectivity index (χ1n) is 7.23. The van der Waals surface area contributed by atoms with Gasteiger partial charge in [0.15, 0.2) is 0 Å². The summed E-state index contributed by atoms with van der Waals surface area (Å²) in [5, 5.41) is 3.51. The summed E-state index contributed by atoms with van der Waals surface area (Å²) in [6.07, 6.45) is 0.0680. The van der Waals surface area contributed by atoms with Gasteiger partial charge in [-0.05, 0) is 37.6 Å². The number of hydrogen-bond acceptors (Lipinski definition) is 2. The molecule has 0 aliphatic rings. The van der Waals surface area contributed by atoms with Gasteiger partial charge in [0.05, 0.1) is 6.04 Å². The monoisotopic (exact) mass is 269 g/mol. The summed E-state index contributed by atoms with van der Waals surface area (Å²) in [6.45, 7) is 7.23. The average Bonchev–Trinajstić information content (AvgIpc) is 2.48. The van der Waals surface area contributed by atoms with Crippen molar-refractivity contribution in [1.82, 2.24) is 5.32 Å². The Balaban J connectivity index is 2.16. The summed E-state index contributed by atoms with van der Waals surface area (Å²) >= 11 is 0. The second kappa shape index (κ2) is 7.11. The molecule has 2 heteroatoms. The van der Waals surface area contributed by atoms with Gasteiger partial charge in [-0.3, -0.25) is 0 Å². The quantitative estimate of drug-likeness (QED) is 0.852. The molecule has 0 saturated carbocycles. The van der Waals surface area contributed by atoms with Crippen LogP contribution in [0.15, 0.2) is 54.6 Å². The molecule has 0 aromatic heterocycles. The molecule has 20 heavy (non-hydrogen) atoms. The van der Waals surface area contributed by atoms with Crippen molar-refractivity contribution < 1.29 is 4.74 Å². The van der Waals surface area contributed by atoms with Crippen molar-refractivity contribution in [2.75, 3.05) is 6.54 Å². The van der Waals surface area contributed by atoms with Crippen LogP contribution in [0.3, 0.4) is 0 Å². The Morgan fingerprint density at radius 2 is 1.65 bits per heavy atom. The minimum absolute atomic E-state index is 0.0680. The molecular weight excluding hydrogens is 246 g/mol. The average molecular weight is 269 g/mol. The molecular formula is C18H23NO. The van der Waals surface area contributed by atoms with Crippen LogP contribution in [0.5, 0.6) is 5.75 Å². The van der Waals surface area contributed by atoms with Gasteiger partial charge in [-0.2, -0.15) is 0 Å². The Bertz CT molecular complexity index is 524. The standard InChI is InChI=1S/C18H23NO/c1-4-19-18(16-11-6-5-7-12-16)15(3)20-17-13-9-8-10-14(17)2/h5-13,15,18-19H,4H2,1-3H3. The van der Waals surface area contributed by atoms with Crippen LogP contribution in [-0.2, 0) is 0 Å². The molecule has 0 bridgehead atoms. The largest absolute Gasteiger partial charge is 0.488 e. The van der Waals surface area contributed by atoms with Gasteiger partial charge < -0.3 is 10.1 Å². The van der Waals surface area contributed by atoms with Crippen LogP contribution in [0.25, 0.3) is 0 Å². The lowest BCUT2D eigenvalue weighted by molar-refractivity contribution is 0.170. The zero-order valence-corrected chi connectivity index (χ0v) is 12.5. The van der Waals surface area contributed by atoms with Crippen molar-refractivity contribution in [3.05, 3.63) is 65.7 Å². The highest BCUT2D eigenvalue weighted by atomic mass is 16.5. The van der Waals surface area contributed by atoms with E-state index in [1.54, 1.807) is 0 Å². The first-order valence-corrected chi connectivity index (χ1v) is 7.23. The second-order valence-corrected chi connectivity index (χ2v) is 5.03. The maximum Gasteiger partial charge on any atom is 0.122 e. The number of benzene rings is 2. The minimum atomic E-state index is 0.0680. The molecule has 0 heterocycles. The highest BCUT2D eigenvalue weighted by Crippen LogP contribution is 2.24. The highest BCUT2D eigenvalue weighted by Gasteiger charge is 2.20. The van der Waals surface area contributed by atoms with E-state index in [4.69, 9.17) is 4.74 Å². The molecule has 0 amide bonds. The first-order chi connectivity index (χ1) is 9.72. The normalized spacial score (nSPS) is 13.8. The Hall–Kier alpha value is -1.80. The Labute approximate surface area is 121 Å². The lowest BCUT2D eigenvalue weighted by Crippen LogP contribution is -2.33. The van der Waals surface area contributed by atoms with E-state index in [9.17, 15) is 0 Å². The lowest BCUT2D eigenvalue weighted by Gasteiger charge is -2.26. The van der Waals surface area contributed by atoms with Crippen LogP contribution in [0.2, 0.25) is 0 Å². The minimum Gasteiger partial charge on any atom is -0.488 e. The van der Waals surface area contributed by atoms with E-state index in [0.717, 1.165) is 12.3 Å². The summed E-state index contributed by atoms with van der Waals surface area (Å²) in [5.41, 5.74) is 2.43. The van der Waals surface area contributed by atoms with Crippen LogP contribution < -0.4 is 10.1 Å². The smallest absolute Gasteiger partial charge is 0.122 e. The first kappa shape index (κ1) is 14.6.